The Hall–Kier alpha value is -1.61. The molecule has 7 heteroatoms. The number of aryl methyl sites for hydroxylation is 3. The van der Waals surface area contributed by atoms with Crippen LogP contribution in [0.3, 0.4) is 0 Å². The highest BCUT2D eigenvalue weighted by Gasteiger charge is 2.23. The fourth-order valence-electron chi connectivity index (χ4n) is 4.02. The van der Waals surface area contributed by atoms with Crippen molar-refractivity contribution in [3.8, 4) is 0 Å². The van der Waals surface area contributed by atoms with Gasteiger partial charge < -0.3 is 10.6 Å². The average molecular weight is 524 g/mol. The number of nitrogens with one attached hydrogen (secondary N) is 2. The Morgan fingerprint density at radius 1 is 1.13 bits per heavy atom. The number of nitrogens with zero attached hydrogens (tertiary/aromatic N) is 4. The highest BCUT2D eigenvalue weighted by molar-refractivity contribution is 14.0. The van der Waals surface area contributed by atoms with Crippen molar-refractivity contribution in [1.82, 2.24) is 25.3 Å². The summed E-state index contributed by atoms with van der Waals surface area (Å²) in [5.74, 6) is 0.904. The van der Waals surface area contributed by atoms with E-state index in [4.69, 9.17) is 4.99 Å². The second-order valence-corrected chi connectivity index (χ2v) is 7.82. The smallest absolute Gasteiger partial charge is 0.191 e. The first-order valence-corrected chi connectivity index (χ1v) is 11.0. The van der Waals surface area contributed by atoms with E-state index in [0.717, 1.165) is 44.3 Å². The monoisotopic (exact) mass is 524 g/mol. The molecule has 2 aromatic rings. The minimum absolute atomic E-state index is 0. The molecule has 1 aromatic heterocycles. The van der Waals surface area contributed by atoms with Crippen molar-refractivity contribution < 1.29 is 0 Å². The molecular weight excluding hydrogens is 487 g/mol. The van der Waals surface area contributed by atoms with Crippen LogP contribution in [0, 0.1) is 13.8 Å². The zero-order chi connectivity index (χ0) is 20.5. The molecule has 0 amide bonds. The first kappa shape index (κ1) is 24.7. The molecule has 1 saturated heterocycles. The topological polar surface area (TPSA) is 57.5 Å². The number of benzene rings is 1. The van der Waals surface area contributed by atoms with Crippen LogP contribution in [0.2, 0.25) is 0 Å². The van der Waals surface area contributed by atoms with Crippen LogP contribution in [0.1, 0.15) is 49.2 Å². The molecule has 1 aliphatic rings. The SMILES string of the molecule is CCNC(=NCC(c1ccccc1)N1CCCC1)NCCCn1nc(C)cc1C.I. The van der Waals surface area contributed by atoms with Crippen molar-refractivity contribution in [3.63, 3.8) is 0 Å². The lowest BCUT2D eigenvalue weighted by molar-refractivity contribution is 0.251. The molecule has 166 valence electrons. The summed E-state index contributed by atoms with van der Waals surface area (Å²) in [4.78, 5) is 7.51. The Labute approximate surface area is 198 Å². The molecule has 0 radical (unpaired) electrons. The van der Waals surface area contributed by atoms with Crippen molar-refractivity contribution in [2.24, 2.45) is 4.99 Å². The predicted molar refractivity (Wildman–Crippen MR) is 136 cm³/mol. The second kappa shape index (κ2) is 12.9. The van der Waals surface area contributed by atoms with Gasteiger partial charge in [-0.05, 0) is 64.8 Å². The van der Waals surface area contributed by atoms with Crippen molar-refractivity contribution in [1.29, 1.82) is 0 Å². The van der Waals surface area contributed by atoms with Crippen LogP contribution in [-0.2, 0) is 6.54 Å². The number of likely N-dealkylation sites (tertiary alicyclic amines) is 1. The number of halogens is 1. The Balaban J connectivity index is 0.00000320. The fraction of sp³-hybridized carbons (Fsp3) is 0.565. The van der Waals surface area contributed by atoms with Crippen molar-refractivity contribution in [2.75, 3.05) is 32.7 Å². The molecular formula is C23H37IN6. The summed E-state index contributed by atoms with van der Waals surface area (Å²) in [5, 5.41) is 11.4. The molecule has 2 heterocycles. The molecule has 0 aliphatic carbocycles. The van der Waals surface area contributed by atoms with Gasteiger partial charge in [-0.15, -0.1) is 24.0 Å². The Kier molecular flexibility index (Phi) is 10.6. The van der Waals surface area contributed by atoms with E-state index in [0.29, 0.717) is 6.04 Å². The van der Waals surface area contributed by atoms with Crippen LogP contribution in [-0.4, -0.2) is 53.4 Å². The molecule has 30 heavy (non-hydrogen) atoms. The average Bonchev–Trinajstić information content (AvgIpc) is 3.36. The van der Waals surface area contributed by atoms with Crippen LogP contribution >= 0.6 is 24.0 Å². The number of hydrogen-bond donors (Lipinski definition) is 2. The van der Waals surface area contributed by atoms with Gasteiger partial charge in [0.2, 0.25) is 0 Å². The maximum atomic E-state index is 4.93. The molecule has 1 atom stereocenters. The van der Waals surface area contributed by atoms with Crippen LogP contribution < -0.4 is 10.6 Å². The lowest BCUT2D eigenvalue weighted by Crippen LogP contribution is -2.39. The molecule has 1 aliphatic heterocycles. The van der Waals surface area contributed by atoms with Gasteiger partial charge in [0.1, 0.15) is 0 Å². The third-order valence-corrected chi connectivity index (χ3v) is 5.47. The lowest BCUT2D eigenvalue weighted by atomic mass is 10.1. The first-order chi connectivity index (χ1) is 14.2. The predicted octanol–water partition coefficient (Wildman–Crippen LogP) is 3.90. The molecule has 0 bridgehead atoms. The van der Waals surface area contributed by atoms with E-state index in [1.165, 1.54) is 37.2 Å². The van der Waals surface area contributed by atoms with E-state index in [9.17, 15) is 0 Å². The summed E-state index contributed by atoms with van der Waals surface area (Å²) in [6.45, 7) is 12.0. The molecule has 1 aromatic carbocycles. The molecule has 0 spiro atoms. The van der Waals surface area contributed by atoms with Gasteiger partial charge in [0.15, 0.2) is 5.96 Å². The van der Waals surface area contributed by atoms with Crippen LogP contribution in [0.25, 0.3) is 0 Å². The van der Waals surface area contributed by atoms with Gasteiger partial charge in [-0.25, -0.2) is 0 Å². The molecule has 1 unspecified atom stereocenters. The second-order valence-electron chi connectivity index (χ2n) is 7.82. The van der Waals surface area contributed by atoms with E-state index >= 15 is 0 Å². The minimum atomic E-state index is 0. The quantitative estimate of drug-likeness (QED) is 0.226. The standard InChI is InChI=1S/C23H36N6.HI/c1-4-24-23(25-13-10-16-29-20(3)17-19(2)27-29)26-18-22(28-14-8-9-15-28)21-11-6-5-7-12-21;/h5-7,11-12,17,22H,4,8-10,13-16,18H2,1-3H3,(H2,24,25,26);1H. The largest absolute Gasteiger partial charge is 0.357 e. The minimum Gasteiger partial charge on any atom is -0.357 e. The molecule has 2 N–H and O–H groups in total. The van der Waals surface area contributed by atoms with Crippen molar-refractivity contribution in [2.45, 2.75) is 52.6 Å². The van der Waals surface area contributed by atoms with Crippen molar-refractivity contribution in [3.05, 3.63) is 53.3 Å². The first-order valence-electron chi connectivity index (χ1n) is 11.0. The highest BCUT2D eigenvalue weighted by Crippen LogP contribution is 2.25. The summed E-state index contributed by atoms with van der Waals surface area (Å²) in [7, 11) is 0. The molecule has 1 fully saturated rings. The lowest BCUT2D eigenvalue weighted by Gasteiger charge is -2.27. The molecule has 6 nitrogen and oxygen atoms in total. The molecule has 3 rings (SSSR count). The van der Waals surface area contributed by atoms with E-state index in [2.05, 4.69) is 75.6 Å². The number of aromatic nitrogens is 2. The summed E-state index contributed by atoms with van der Waals surface area (Å²) in [6.07, 6.45) is 3.59. The number of hydrogen-bond acceptors (Lipinski definition) is 3. The summed E-state index contributed by atoms with van der Waals surface area (Å²) in [6, 6.07) is 13.3. The Morgan fingerprint density at radius 2 is 1.87 bits per heavy atom. The van der Waals surface area contributed by atoms with Crippen molar-refractivity contribution >= 4 is 29.9 Å². The van der Waals surface area contributed by atoms with Gasteiger partial charge in [0, 0.05) is 25.3 Å². The fourth-order valence-corrected chi connectivity index (χ4v) is 4.02. The van der Waals surface area contributed by atoms with Crippen LogP contribution in [0.5, 0.6) is 0 Å². The molecule has 0 saturated carbocycles. The van der Waals surface area contributed by atoms with E-state index in [1.807, 2.05) is 6.92 Å². The number of guanidine groups is 1. The van der Waals surface area contributed by atoms with E-state index in [-0.39, 0.29) is 24.0 Å². The normalized spacial score (nSPS) is 15.6. The zero-order valence-electron chi connectivity index (χ0n) is 18.6. The third-order valence-electron chi connectivity index (χ3n) is 5.47. The maximum Gasteiger partial charge on any atom is 0.191 e. The maximum absolute atomic E-state index is 4.93. The summed E-state index contributed by atoms with van der Waals surface area (Å²) < 4.78 is 2.08. The van der Waals surface area contributed by atoms with Crippen LogP contribution in [0.15, 0.2) is 41.4 Å². The van der Waals surface area contributed by atoms with E-state index < -0.39 is 0 Å². The zero-order valence-corrected chi connectivity index (χ0v) is 20.9. The summed E-state index contributed by atoms with van der Waals surface area (Å²) >= 11 is 0. The highest BCUT2D eigenvalue weighted by atomic mass is 127. The van der Waals surface area contributed by atoms with Gasteiger partial charge >= 0.3 is 0 Å². The van der Waals surface area contributed by atoms with Gasteiger partial charge in [-0.2, -0.15) is 5.10 Å². The third kappa shape index (κ3) is 7.27. The van der Waals surface area contributed by atoms with Crippen LogP contribution in [0.4, 0.5) is 0 Å². The van der Waals surface area contributed by atoms with Gasteiger partial charge in [0.05, 0.1) is 18.3 Å². The van der Waals surface area contributed by atoms with Gasteiger partial charge in [0.25, 0.3) is 0 Å². The summed E-state index contributed by atoms with van der Waals surface area (Å²) in [5.41, 5.74) is 3.66. The van der Waals surface area contributed by atoms with Gasteiger partial charge in [-0.1, -0.05) is 30.3 Å². The Morgan fingerprint density at radius 3 is 2.50 bits per heavy atom. The van der Waals surface area contributed by atoms with E-state index in [1.54, 1.807) is 0 Å². The number of aliphatic imine (C=N–C) groups is 1. The number of rotatable bonds is 9. The van der Waals surface area contributed by atoms with Gasteiger partial charge in [-0.3, -0.25) is 14.6 Å². The Bertz CT molecular complexity index is 767.